The first-order chi connectivity index (χ1) is 12.0. The van der Waals surface area contributed by atoms with Crippen LogP contribution in [0.2, 0.25) is 0 Å². The van der Waals surface area contributed by atoms with E-state index < -0.39 is 10.8 Å². The van der Waals surface area contributed by atoms with Gasteiger partial charge in [-0.2, -0.15) is 0 Å². The van der Waals surface area contributed by atoms with Gasteiger partial charge in [-0.1, -0.05) is 19.1 Å². The lowest BCUT2D eigenvalue weighted by atomic mass is 10.1. The van der Waals surface area contributed by atoms with Crippen molar-refractivity contribution < 1.29 is 18.5 Å². The minimum atomic E-state index is -1.43. The van der Waals surface area contributed by atoms with Gasteiger partial charge in [-0.15, -0.1) is 0 Å². The number of benzene rings is 1. The first kappa shape index (κ1) is 18.9. The van der Waals surface area contributed by atoms with E-state index in [0.29, 0.717) is 23.6 Å². The number of hydrogen-bond acceptors (Lipinski definition) is 5. The minimum Gasteiger partial charge on any atom is -0.497 e. The summed E-state index contributed by atoms with van der Waals surface area (Å²) in [6.45, 7) is 2.41. The molecule has 0 aliphatic heterocycles. The first-order valence-corrected chi connectivity index (χ1v) is 9.39. The van der Waals surface area contributed by atoms with Gasteiger partial charge in [0.1, 0.15) is 5.75 Å². The third kappa shape index (κ3) is 5.56. The normalized spacial score (nSPS) is 11.8. The number of aromatic nitrogens is 1. The van der Waals surface area contributed by atoms with Gasteiger partial charge >= 0.3 is 0 Å². The Hall–Kier alpha value is -2.41. The van der Waals surface area contributed by atoms with Gasteiger partial charge in [-0.3, -0.25) is 13.8 Å². The SMILES string of the molecule is CCCOc1c[nH]c(CS(=O)CC(=O)c2cccc(OC)c2)cc1=O. The zero-order valence-corrected chi connectivity index (χ0v) is 15.1. The van der Waals surface area contributed by atoms with Crippen molar-refractivity contribution in [1.82, 2.24) is 4.98 Å². The Balaban J connectivity index is 1.98. The quantitative estimate of drug-likeness (QED) is 0.691. The Kier molecular flexibility index (Phi) is 6.94. The number of hydrogen-bond donors (Lipinski definition) is 1. The lowest BCUT2D eigenvalue weighted by Crippen LogP contribution is -2.15. The van der Waals surface area contributed by atoms with Crippen LogP contribution in [0.5, 0.6) is 11.5 Å². The van der Waals surface area contributed by atoms with Gasteiger partial charge in [-0.25, -0.2) is 0 Å². The lowest BCUT2D eigenvalue weighted by Gasteiger charge is -2.06. The molecular weight excluding hydrogens is 342 g/mol. The van der Waals surface area contributed by atoms with E-state index in [1.807, 2.05) is 6.92 Å². The summed E-state index contributed by atoms with van der Waals surface area (Å²) in [7, 11) is 0.0881. The van der Waals surface area contributed by atoms with Crippen LogP contribution >= 0.6 is 0 Å². The maximum Gasteiger partial charge on any atom is 0.223 e. The van der Waals surface area contributed by atoms with Crippen LogP contribution in [0, 0.1) is 0 Å². The molecule has 0 aliphatic rings. The van der Waals surface area contributed by atoms with Crippen molar-refractivity contribution in [2.45, 2.75) is 19.1 Å². The predicted molar refractivity (Wildman–Crippen MR) is 96.9 cm³/mol. The molecule has 1 N–H and O–H groups in total. The molecule has 1 heterocycles. The fraction of sp³-hybridized carbons (Fsp3) is 0.333. The number of rotatable bonds is 9. The van der Waals surface area contributed by atoms with Gasteiger partial charge < -0.3 is 14.5 Å². The van der Waals surface area contributed by atoms with Gasteiger partial charge in [0.2, 0.25) is 5.43 Å². The molecule has 7 heteroatoms. The van der Waals surface area contributed by atoms with E-state index in [0.717, 1.165) is 6.42 Å². The van der Waals surface area contributed by atoms with Crippen molar-refractivity contribution >= 4 is 16.6 Å². The molecule has 1 unspecified atom stereocenters. The average Bonchev–Trinajstić information content (AvgIpc) is 2.61. The number of carbonyl (C=O) groups excluding carboxylic acids is 1. The van der Waals surface area contributed by atoms with Crippen molar-refractivity contribution in [3.8, 4) is 11.5 Å². The van der Waals surface area contributed by atoms with Crippen LogP contribution in [0.15, 0.2) is 41.3 Å². The van der Waals surface area contributed by atoms with E-state index >= 15 is 0 Å². The van der Waals surface area contributed by atoms with E-state index in [9.17, 15) is 13.8 Å². The fourth-order valence-electron chi connectivity index (χ4n) is 2.16. The number of H-pyrrole nitrogens is 1. The lowest BCUT2D eigenvalue weighted by molar-refractivity contribution is 0.102. The smallest absolute Gasteiger partial charge is 0.223 e. The molecule has 0 spiro atoms. The Labute approximate surface area is 148 Å². The zero-order valence-electron chi connectivity index (χ0n) is 14.2. The molecule has 0 fully saturated rings. The molecule has 0 radical (unpaired) electrons. The fourth-order valence-corrected chi connectivity index (χ4v) is 3.23. The van der Waals surface area contributed by atoms with E-state index in [4.69, 9.17) is 9.47 Å². The molecule has 6 nitrogen and oxygen atoms in total. The van der Waals surface area contributed by atoms with Crippen LogP contribution in [-0.2, 0) is 16.6 Å². The molecule has 0 saturated heterocycles. The number of Topliss-reactive ketones (excluding diaryl/α,β-unsaturated/α-hetero) is 1. The number of nitrogens with one attached hydrogen (secondary N) is 1. The monoisotopic (exact) mass is 363 g/mol. The number of methoxy groups -OCH3 is 1. The molecule has 0 amide bonds. The Morgan fingerprint density at radius 1 is 1.28 bits per heavy atom. The summed E-state index contributed by atoms with van der Waals surface area (Å²) >= 11 is 0. The summed E-state index contributed by atoms with van der Waals surface area (Å²) in [6.07, 6.45) is 2.27. The minimum absolute atomic E-state index is 0.0962. The van der Waals surface area contributed by atoms with Crippen molar-refractivity contribution in [2.24, 2.45) is 0 Å². The van der Waals surface area contributed by atoms with Crippen molar-refractivity contribution in [3.05, 3.63) is 58.0 Å². The topological polar surface area (TPSA) is 85.5 Å². The van der Waals surface area contributed by atoms with E-state index in [2.05, 4.69) is 4.98 Å². The second-order valence-electron chi connectivity index (χ2n) is 5.42. The summed E-state index contributed by atoms with van der Waals surface area (Å²) in [6, 6.07) is 8.08. The van der Waals surface area contributed by atoms with Crippen LogP contribution in [0.1, 0.15) is 29.4 Å². The zero-order chi connectivity index (χ0) is 18.2. The molecule has 2 rings (SSSR count). The highest BCUT2D eigenvalue weighted by molar-refractivity contribution is 7.85. The summed E-state index contributed by atoms with van der Waals surface area (Å²) in [5.74, 6) is 0.553. The molecular formula is C18H21NO5S. The van der Waals surface area contributed by atoms with Crippen LogP contribution in [0.25, 0.3) is 0 Å². The standard InChI is InChI=1S/C18H21NO5S/c1-3-7-24-18-10-19-14(9-16(18)20)11-25(22)12-17(21)13-5-4-6-15(8-13)23-2/h4-6,8-10H,3,7,11-12H2,1-2H3,(H,19,20). The Bertz CT molecular complexity index is 815. The molecule has 2 aromatic rings. The van der Waals surface area contributed by atoms with Crippen LogP contribution in [-0.4, -0.2) is 34.4 Å². The summed E-state index contributed by atoms with van der Waals surface area (Å²) in [5.41, 5.74) is 0.688. The Morgan fingerprint density at radius 2 is 2.08 bits per heavy atom. The number of carbonyl (C=O) groups is 1. The largest absolute Gasteiger partial charge is 0.497 e. The van der Waals surface area contributed by atoms with Gasteiger partial charge in [0.15, 0.2) is 11.5 Å². The molecule has 1 aromatic carbocycles. The number of pyridine rings is 1. The third-order valence-corrected chi connectivity index (χ3v) is 4.62. The van der Waals surface area contributed by atoms with Crippen molar-refractivity contribution in [1.29, 1.82) is 0 Å². The second-order valence-corrected chi connectivity index (χ2v) is 6.88. The highest BCUT2D eigenvalue weighted by atomic mass is 32.2. The van der Waals surface area contributed by atoms with Crippen LogP contribution in [0.4, 0.5) is 0 Å². The summed E-state index contributed by atoms with van der Waals surface area (Å²) < 4.78 is 22.6. The van der Waals surface area contributed by atoms with E-state index in [1.54, 1.807) is 24.3 Å². The maximum absolute atomic E-state index is 12.2. The van der Waals surface area contributed by atoms with Crippen LogP contribution < -0.4 is 14.9 Å². The molecule has 25 heavy (non-hydrogen) atoms. The van der Waals surface area contributed by atoms with Gasteiger partial charge in [-0.05, 0) is 18.6 Å². The predicted octanol–water partition coefficient (Wildman–Crippen LogP) is 2.30. The molecule has 0 bridgehead atoms. The second kappa shape index (κ2) is 9.17. The van der Waals surface area contributed by atoms with E-state index in [1.165, 1.54) is 19.4 Å². The molecule has 134 valence electrons. The Morgan fingerprint density at radius 3 is 2.76 bits per heavy atom. The van der Waals surface area contributed by atoms with Gasteiger partial charge in [0, 0.05) is 34.3 Å². The van der Waals surface area contributed by atoms with E-state index in [-0.39, 0.29) is 28.5 Å². The molecule has 0 aliphatic carbocycles. The third-order valence-electron chi connectivity index (χ3n) is 3.40. The molecule has 0 saturated carbocycles. The number of aromatic amines is 1. The van der Waals surface area contributed by atoms with Crippen LogP contribution in [0.3, 0.4) is 0 Å². The van der Waals surface area contributed by atoms with Crippen molar-refractivity contribution in [2.75, 3.05) is 19.5 Å². The highest BCUT2D eigenvalue weighted by Gasteiger charge is 2.13. The number of ketones is 1. The van der Waals surface area contributed by atoms with Gasteiger partial charge in [0.05, 0.1) is 25.2 Å². The summed E-state index contributed by atoms with van der Waals surface area (Å²) in [5, 5.41) is 0. The van der Waals surface area contributed by atoms with Crippen molar-refractivity contribution in [3.63, 3.8) is 0 Å². The highest BCUT2D eigenvalue weighted by Crippen LogP contribution is 2.14. The summed E-state index contributed by atoms with van der Waals surface area (Å²) in [4.78, 5) is 27.0. The molecule has 1 aromatic heterocycles. The number of ether oxygens (including phenoxy) is 2. The molecule has 1 atom stereocenters. The average molecular weight is 363 g/mol. The van der Waals surface area contributed by atoms with Gasteiger partial charge in [0.25, 0.3) is 0 Å². The maximum atomic E-state index is 12.2. The first-order valence-electron chi connectivity index (χ1n) is 7.90.